The molecule has 0 amide bonds. The molecule has 0 aromatic heterocycles. The predicted molar refractivity (Wildman–Crippen MR) is 231 cm³/mol. The van der Waals surface area contributed by atoms with Crippen LogP contribution in [0.15, 0.2) is 5.16 Å². The van der Waals surface area contributed by atoms with Crippen LogP contribution in [0.2, 0.25) is 0 Å². The molecule has 0 heterocycles. The third kappa shape index (κ3) is 41.9. The first kappa shape index (κ1) is 51.9. The Morgan fingerprint density at radius 3 is 1.38 bits per heavy atom. The Labute approximate surface area is 332 Å². The molecule has 0 N–H and O–H groups in total. The summed E-state index contributed by atoms with van der Waals surface area (Å²) in [5, 5.41) is 3.91. The van der Waals surface area contributed by atoms with Gasteiger partial charge in [0.1, 0.15) is 13.2 Å². The summed E-state index contributed by atoms with van der Waals surface area (Å²) in [4.78, 5) is 20.3. The van der Waals surface area contributed by atoms with Crippen molar-refractivity contribution in [2.45, 2.75) is 252 Å². The number of oxime groups is 1. The summed E-state index contributed by atoms with van der Waals surface area (Å²) in [6.07, 6.45) is 45.5. The van der Waals surface area contributed by atoms with Gasteiger partial charge in [-0.15, -0.1) is 0 Å². The van der Waals surface area contributed by atoms with Crippen LogP contribution in [0.5, 0.6) is 0 Å². The molecule has 0 aromatic carbocycles. The van der Waals surface area contributed by atoms with E-state index in [-0.39, 0.29) is 12.1 Å². The Morgan fingerprint density at radius 2 is 0.906 bits per heavy atom. The molecule has 0 aromatic rings. The molecule has 6 nitrogen and oxygen atoms in total. The number of unbranched alkanes of at least 4 members (excludes halogenated alkanes) is 26. The lowest BCUT2D eigenvalue weighted by Gasteiger charge is -2.22. The standard InChI is InChI=1S/C47H94N2O4/c1-5-8-11-14-18-26-35-44-52-45-36-27-19-17-24-32-41-49(43-34-31-40-48-51-4)42-33-25-20-23-30-39-47(50)53-46(37-28-21-15-12-9-6-2)38-29-22-16-13-10-7-3/h40,46H,5-39,41-45H2,1-4H3/b48-40+. The van der Waals surface area contributed by atoms with E-state index in [4.69, 9.17) is 14.3 Å². The third-order valence-corrected chi connectivity index (χ3v) is 10.8. The zero-order chi connectivity index (χ0) is 38.6. The molecular weight excluding hydrogens is 657 g/mol. The third-order valence-electron chi connectivity index (χ3n) is 10.8. The number of ether oxygens (including phenoxy) is 2. The SMILES string of the molecule is CCCCCCCCCOCCCCCCCCN(CCC/C=N/OC)CCCCCCCC(=O)OC(CCCCCCCC)CCCCCCCC. The first-order valence-electron chi connectivity index (χ1n) is 23.7. The summed E-state index contributed by atoms with van der Waals surface area (Å²) >= 11 is 0. The highest BCUT2D eigenvalue weighted by atomic mass is 16.6. The van der Waals surface area contributed by atoms with E-state index in [9.17, 15) is 4.79 Å². The van der Waals surface area contributed by atoms with Crippen molar-refractivity contribution in [3.63, 3.8) is 0 Å². The number of hydrogen-bond donors (Lipinski definition) is 0. The minimum absolute atomic E-state index is 0.0438. The quantitative estimate of drug-likeness (QED) is 0.0268. The van der Waals surface area contributed by atoms with E-state index < -0.39 is 0 Å². The summed E-state index contributed by atoms with van der Waals surface area (Å²) < 4.78 is 11.9. The van der Waals surface area contributed by atoms with Gasteiger partial charge in [-0.1, -0.05) is 174 Å². The molecule has 316 valence electrons. The maximum absolute atomic E-state index is 12.8. The molecule has 53 heavy (non-hydrogen) atoms. The van der Waals surface area contributed by atoms with E-state index in [2.05, 4.69) is 30.8 Å². The number of nitrogens with zero attached hydrogens (tertiary/aromatic N) is 2. The van der Waals surface area contributed by atoms with E-state index in [0.717, 1.165) is 58.3 Å². The summed E-state index contributed by atoms with van der Waals surface area (Å²) in [5.41, 5.74) is 0. The number of carbonyl (C=O) groups excluding carboxylic acids is 1. The molecule has 0 saturated carbocycles. The van der Waals surface area contributed by atoms with Gasteiger partial charge >= 0.3 is 5.97 Å². The van der Waals surface area contributed by atoms with Gasteiger partial charge in [-0.2, -0.15) is 0 Å². The van der Waals surface area contributed by atoms with Crippen LogP contribution in [0.25, 0.3) is 0 Å². The van der Waals surface area contributed by atoms with Crippen molar-refractivity contribution in [1.29, 1.82) is 0 Å². The highest BCUT2D eigenvalue weighted by Crippen LogP contribution is 2.18. The topological polar surface area (TPSA) is 60.4 Å². The van der Waals surface area contributed by atoms with Gasteiger partial charge in [0.05, 0.1) is 0 Å². The molecule has 0 spiro atoms. The van der Waals surface area contributed by atoms with E-state index >= 15 is 0 Å². The molecule has 0 atom stereocenters. The van der Waals surface area contributed by atoms with E-state index in [1.165, 1.54) is 193 Å². The van der Waals surface area contributed by atoms with Crippen molar-refractivity contribution in [2.75, 3.05) is 40.0 Å². The summed E-state index contributed by atoms with van der Waals surface area (Å²) in [6.45, 7) is 12.2. The molecule has 0 aliphatic rings. The largest absolute Gasteiger partial charge is 0.462 e. The average molecular weight is 751 g/mol. The Bertz CT molecular complexity index is 717. The fourth-order valence-corrected chi connectivity index (χ4v) is 7.33. The normalized spacial score (nSPS) is 11.8. The lowest BCUT2D eigenvalue weighted by molar-refractivity contribution is -0.150. The Kier molecular flexibility index (Phi) is 44.3. The first-order valence-corrected chi connectivity index (χ1v) is 23.7. The van der Waals surface area contributed by atoms with Crippen molar-refractivity contribution in [2.24, 2.45) is 5.16 Å². The van der Waals surface area contributed by atoms with Crippen LogP contribution in [0, 0.1) is 0 Å². The molecule has 0 aliphatic carbocycles. The van der Waals surface area contributed by atoms with Crippen LogP contribution in [-0.2, 0) is 19.1 Å². The van der Waals surface area contributed by atoms with Gasteiger partial charge in [-0.25, -0.2) is 0 Å². The molecule has 0 fully saturated rings. The van der Waals surface area contributed by atoms with Crippen molar-refractivity contribution < 1.29 is 19.1 Å². The second-order valence-electron chi connectivity index (χ2n) is 16.1. The predicted octanol–water partition coefficient (Wildman–Crippen LogP) is 14.6. The fourth-order valence-electron chi connectivity index (χ4n) is 7.33. The minimum atomic E-state index is 0.0438. The molecule has 0 saturated heterocycles. The van der Waals surface area contributed by atoms with Crippen LogP contribution in [0.3, 0.4) is 0 Å². The van der Waals surface area contributed by atoms with Gasteiger partial charge in [0, 0.05) is 25.8 Å². The molecule has 0 aliphatic heterocycles. The van der Waals surface area contributed by atoms with Gasteiger partial charge in [0.25, 0.3) is 0 Å². The van der Waals surface area contributed by atoms with Crippen LogP contribution in [0.1, 0.15) is 245 Å². The molecule has 0 radical (unpaired) electrons. The maximum atomic E-state index is 12.8. The monoisotopic (exact) mass is 751 g/mol. The number of hydrogen-bond acceptors (Lipinski definition) is 6. The van der Waals surface area contributed by atoms with Crippen molar-refractivity contribution in [1.82, 2.24) is 4.90 Å². The number of rotatable bonds is 45. The smallest absolute Gasteiger partial charge is 0.306 e. The summed E-state index contributed by atoms with van der Waals surface area (Å²) in [5.74, 6) is 0.0438. The van der Waals surface area contributed by atoms with Crippen LogP contribution < -0.4 is 0 Å². The second kappa shape index (κ2) is 45.3. The van der Waals surface area contributed by atoms with E-state index in [1.807, 2.05) is 6.21 Å². The van der Waals surface area contributed by atoms with Crippen LogP contribution in [0.4, 0.5) is 0 Å². The van der Waals surface area contributed by atoms with Crippen molar-refractivity contribution in [3.05, 3.63) is 0 Å². The van der Waals surface area contributed by atoms with Gasteiger partial charge in [-0.05, 0) is 90.3 Å². The summed E-state index contributed by atoms with van der Waals surface area (Å²) in [7, 11) is 1.61. The second-order valence-corrected chi connectivity index (χ2v) is 16.1. The Balaban J connectivity index is 4.16. The van der Waals surface area contributed by atoms with Gasteiger partial charge in [-0.3, -0.25) is 4.79 Å². The number of carbonyl (C=O) groups is 1. The highest BCUT2D eigenvalue weighted by Gasteiger charge is 2.14. The van der Waals surface area contributed by atoms with E-state index in [1.54, 1.807) is 7.11 Å². The fraction of sp³-hybridized carbons (Fsp3) is 0.957. The van der Waals surface area contributed by atoms with Crippen molar-refractivity contribution >= 4 is 12.2 Å². The van der Waals surface area contributed by atoms with Crippen LogP contribution >= 0.6 is 0 Å². The summed E-state index contributed by atoms with van der Waals surface area (Å²) in [6, 6.07) is 0. The molecule has 0 bridgehead atoms. The van der Waals surface area contributed by atoms with Gasteiger partial charge in [0.2, 0.25) is 0 Å². The lowest BCUT2D eigenvalue weighted by Crippen LogP contribution is -2.27. The van der Waals surface area contributed by atoms with Gasteiger partial charge < -0.3 is 19.2 Å². The minimum Gasteiger partial charge on any atom is -0.462 e. The molecular formula is C47H94N2O4. The zero-order valence-corrected chi connectivity index (χ0v) is 36.5. The Hall–Kier alpha value is -1.14. The Morgan fingerprint density at radius 1 is 0.509 bits per heavy atom. The first-order chi connectivity index (χ1) is 26.2. The maximum Gasteiger partial charge on any atom is 0.306 e. The molecule has 0 unspecified atom stereocenters. The average Bonchev–Trinajstić information content (AvgIpc) is 3.16. The van der Waals surface area contributed by atoms with Crippen LogP contribution in [-0.4, -0.2) is 63.1 Å². The van der Waals surface area contributed by atoms with Crippen molar-refractivity contribution in [3.8, 4) is 0 Å². The van der Waals surface area contributed by atoms with Gasteiger partial charge in [0.15, 0.2) is 0 Å². The zero-order valence-electron chi connectivity index (χ0n) is 36.5. The number of esters is 1. The molecule has 0 rings (SSSR count). The van der Waals surface area contributed by atoms with E-state index in [0.29, 0.717) is 6.42 Å². The highest BCUT2D eigenvalue weighted by molar-refractivity contribution is 5.69. The molecule has 6 heteroatoms. The lowest BCUT2D eigenvalue weighted by atomic mass is 10.0.